The molecule has 0 fully saturated rings. The Morgan fingerprint density at radius 1 is 1.54 bits per heavy atom. The summed E-state index contributed by atoms with van der Waals surface area (Å²) in [7, 11) is 1.90. The molecular weight excluding hydrogens is 166 g/mol. The predicted octanol–water partition coefficient (Wildman–Crippen LogP) is 1.25. The van der Waals surface area contributed by atoms with Crippen LogP contribution in [0.15, 0.2) is 16.7 Å². The third-order valence-electron chi connectivity index (χ3n) is 1.79. The average Bonchev–Trinajstić information content (AvgIpc) is 2.44. The number of pyridine rings is 1. The van der Waals surface area contributed by atoms with Gasteiger partial charge >= 0.3 is 0 Å². The summed E-state index contributed by atoms with van der Waals surface area (Å²) in [5, 5.41) is 3.06. The third kappa shape index (κ3) is 1.53. The molecular formula is C9H11N3O. The smallest absolute Gasteiger partial charge is 0.246 e. The normalized spacial score (nSPS) is 10.9. The number of nitrogens with zero attached hydrogens (tertiary/aromatic N) is 2. The lowest BCUT2D eigenvalue weighted by molar-refractivity contribution is 0.551. The fraction of sp³-hybridized carbons (Fsp3) is 0.333. The van der Waals surface area contributed by atoms with Crippen LogP contribution in [0.25, 0.3) is 11.2 Å². The first-order valence-corrected chi connectivity index (χ1v) is 4.16. The van der Waals surface area contributed by atoms with Crippen molar-refractivity contribution in [1.82, 2.24) is 15.3 Å². The molecule has 0 unspecified atom stereocenters. The molecule has 0 saturated carbocycles. The van der Waals surface area contributed by atoms with Gasteiger partial charge in [0.25, 0.3) is 0 Å². The van der Waals surface area contributed by atoms with Crippen LogP contribution >= 0.6 is 0 Å². The van der Waals surface area contributed by atoms with Gasteiger partial charge in [0.2, 0.25) is 5.71 Å². The van der Waals surface area contributed by atoms with Crippen molar-refractivity contribution in [2.24, 2.45) is 0 Å². The zero-order valence-electron chi connectivity index (χ0n) is 7.66. The van der Waals surface area contributed by atoms with Crippen molar-refractivity contribution >= 4 is 11.2 Å². The molecule has 0 bridgehead atoms. The lowest BCUT2D eigenvalue weighted by atomic mass is 10.3. The van der Waals surface area contributed by atoms with E-state index in [1.165, 1.54) is 0 Å². The first kappa shape index (κ1) is 8.19. The number of fused-ring (bicyclic) bond motifs is 1. The Kier molecular flexibility index (Phi) is 1.98. The maximum atomic E-state index is 5.26. The average molecular weight is 177 g/mol. The number of rotatable bonds is 2. The molecule has 68 valence electrons. The fourth-order valence-electron chi connectivity index (χ4n) is 1.27. The van der Waals surface area contributed by atoms with Crippen LogP contribution in [0.2, 0.25) is 0 Å². The van der Waals surface area contributed by atoms with E-state index in [-0.39, 0.29) is 0 Å². The molecule has 0 aliphatic heterocycles. The van der Waals surface area contributed by atoms with Gasteiger partial charge in [-0.05, 0) is 18.7 Å². The summed E-state index contributed by atoms with van der Waals surface area (Å²) < 4.78 is 5.26. The van der Waals surface area contributed by atoms with E-state index >= 15 is 0 Å². The monoisotopic (exact) mass is 177 g/mol. The fourth-order valence-corrected chi connectivity index (χ4v) is 1.27. The van der Waals surface area contributed by atoms with Crippen molar-refractivity contribution in [3.8, 4) is 0 Å². The van der Waals surface area contributed by atoms with Crippen molar-refractivity contribution in [3.05, 3.63) is 23.7 Å². The second-order valence-electron chi connectivity index (χ2n) is 2.93. The molecule has 4 nitrogen and oxygen atoms in total. The zero-order valence-corrected chi connectivity index (χ0v) is 7.66. The molecule has 0 aliphatic carbocycles. The molecule has 4 heteroatoms. The van der Waals surface area contributed by atoms with Gasteiger partial charge in [0, 0.05) is 19.7 Å². The molecule has 13 heavy (non-hydrogen) atoms. The summed E-state index contributed by atoms with van der Waals surface area (Å²) in [5.74, 6) is 0.657. The molecule has 2 heterocycles. The van der Waals surface area contributed by atoms with Crippen molar-refractivity contribution < 1.29 is 4.42 Å². The van der Waals surface area contributed by atoms with Crippen molar-refractivity contribution in [3.63, 3.8) is 0 Å². The largest absolute Gasteiger partial charge is 0.423 e. The van der Waals surface area contributed by atoms with Gasteiger partial charge in [-0.2, -0.15) is 0 Å². The number of oxazole rings is 1. The highest BCUT2D eigenvalue weighted by Gasteiger charge is 2.03. The Labute approximate surface area is 76.0 Å². The van der Waals surface area contributed by atoms with Crippen LogP contribution in [-0.2, 0) is 6.54 Å². The number of nitrogens with one attached hydrogen (secondary N) is 1. The predicted molar refractivity (Wildman–Crippen MR) is 49.3 cm³/mol. The Bertz CT molecular complexity index is 422. The molecule has 0 aromatic carbocycles. The zero-order chi connectivity index (χ0) is 9.26. The standard InChI is InChI=1S/C9H11N3O/c1-6-12-8-3-7(4-10-2)5-11-9(8)13-6/h3,5,10H,4H2,1-2H3. The van der Waals surface area contributed by atoms with Gasteiger partial charge in [-0.1, -0.05) is 0 Å². The minimum Gasteiger partial charge on any atom is -0.423 e. The van der Waals surface area contributed by atoms with Crippen LogP contribution in [0.4, 0.5) is 0 Å². The molecule has 0 aliphatic rings. The number of hydrogen-bond donors (Lipinski definition) is 1. The lowest BCUT2D eigenvalue weighted by Gasteiger charge is -1.96. The van der Waals surface area contributed by atoms with E-state index in [4.69, 9.17) is 4.42 Å². The first-order valence-electron chi connectivity index (χ1n) is 4.16. The SMILES string of the molecule is CNCc1cnc2oc(C)nc2c1. The van der Waals surface area contributed by atoms with Crippen LogP contribution in [0.5, 0.6) is 0 Å². The first-order chi connectivity index (χ1) is 6.29. The Hall–Kier alpha value is -1.42. The van der Waals surface area contributed by atoms with Gasteiger partial charge < -0.3 is 9.73 Å². The quantitative estimate of drug-likeness (QED) is 0.750. The van der Waals surface area contributed by atoms with E-state index in [9.17, 15) is 0 Å². The topological polar surface area (TPSA) is 51.0 Å². The van der Waals surface area contributed by atoms with E-state index < -0.39 is 0 Å². The van der Waals surface area contributed by atoms with E-state index in [2.05, 4.69) is 15.3 Å². The van der Waals surface area contributed by atoms with Crippen molar-refractivity contribution in [2.75, 3.05) is 7.05 Å². The van der Waals surface area contributed by atoms with Crippen molar-refractivity contribution in [1.29, 1.82) is 0 Å². The van der Waals surface area contributed by atoms with E-state index in [0.29, 0.717) is 11.6 Å². The van der Waals surface area contributed by atoms with E-state index in [1.54, 1.807) is 6.20 Å². The van der Waals surface area contributed by atoms with Gasteiger partial charge in [-0.15, -0.1) is 0 Å². The van der Waals surface area contributed by atoms with Gasteiger partial charge in [-0.25, -0.2) is 9.97 Å². The highest BCUT2D eigenvalue weighted by Crippen LogP contribution is 2.13. The number of aromatic nitrogens is 2. The summed E-state index contributed by atoms with van der Waals surface area (Å²) in [6.07, 6.45) is 1.80. The Balaban J connectivity index is 2.48. The van der Waals surface area contributed by atoms with Crippen molar-refractivity contribution in [2.45, 2.75) is 13.5 Å². The summed E-state index contributed by atoms with van der Waals surface area (Å²) in [4.78, 5) is 8.35. The second-order valence-corrected chi connectivity index (χ2v) is 2.93. The molecule has 2 rings (SSSR count). The summed E-state index contributed by atoms with van der Waals surface area (Å²) in [5.41, 5.74) is 2.55. The Morgan fingerprint density at radius 2 is 2.38 bits per heavy atom. The molecule has 0 saturated heterocycles. The molecule has 2 aromatic heterocycles. The third-order valence-corrected chi connectivity index (χ3v) is 1.79. The summed E-state index contributed by atoms with van der Waals surface area (Å²) in [6, 6.07) is 1.98. The van der Waals surface area contributed by atoms with Crippen LogP contribution in [-0.4, -0.2) is 17.0 Å². The summed E-state index contributed by atoms with van der Waals surface area (Å²) in [6.45, 7) is 2.62. The van der Waals surface area contributed by atoms with Gasteiger partial charge in [0.1, 0.15) is 5.52 Å². The summed E-state index contributed by atoms with van der Waals surface area (Å²) >= 11 is 0. The van der Waals surface area contributed by atoms with Gasteiger partial charge in [0.15, 0.2) is 5.89 Å². The highest BCUT2D eigenvalue weighted by molar-refractivity contribution is 5.68. The molecule has 1 N–H and O–H groups in total. The lowest BCUT2D eigenvalue weighted by Crippen LogP contribution is -2.04. The number of aryl methyl sites for hydroxylation is 1. The maximum Gasteiger partial charge on any atom is 0.246 e. The highest BCUT2D eigenvalue weighted by atomic mass is 16.4. The molecule has 2 aromatic rings. The Morgan fingerprint density at radius 3 is 3.15 bits per heavy atom. The molecule has 0 radical (unpaired) electrons. The molecule has 0 atom stereocenters. The van der Waals surface area contributed by atoms with Gasteiger partial charge in [-0.3, -0.25) is 0 Å². The van der Waals surface area contributed by atoms with E-state index in [1.807, 2.05) is 20.0 Å². The molecule has 0 spiro atoms. The van der Waals surface area contributed by atoms with Crippen LogP contribution < -0.4 is 5.32 Å². The molecule has 0 amide bonds. The minimum absolute atomic E-state index is 0.609. The van der Waals surface area contributed by atoms with Crippen LogP contribution in [0.3, 0.4) is 0 Å². The maximum absolute atomic E-state index is 5.26. The van der Waals surface area contributed by atoms with Crippen LogP contribution in [0.1, 0.15) is 11.5 Å². The minimum atomic E-state index is 0.609. The van der Waals surface area contributed by atoms with E-state index in [0.717, 1.165) is 17.6 Å². The second kappa shape index (κ2) is 3.14. The number of hydrogen-bond acceptors (Lipinski definition) is 4. The van der Waals surface area contributed by atoms with Gasteiger partial charge in [0.05, 0.1) is 0 Å². The van der Waals surface area contributed by atoms with Crippen LogP contribution in [0, 0.1) is 6.92 Å².